The molecule has 1 saturated carbocycles. The smallest absolute Gasteiger partial charge is 0.237 e. The van der Waals surface area contributed by atoms with Crippen molar-refractivity contribution < 1.29 is 15.0 Å². The fourth-order valence-corrected chi connectivity index (χ4v) is 2.55. The molecule has 2 rings (SSSR count). The average molecular weight is 278 g/mol. The van der Waals surface area contributed by atoms with Crippen molar-refractivity contribution >= 4 is 5.91 Å². The largest absolute Gasteiger partial charge is 0.508 e. The van der Waals surface area contributed by atoms with Crippen LogP contribution in [-0.4, -0.2) is 34.3 Å². The van der Waals surface area contributed by atoms with E-state index in [1.165, 1.54) is 0 Å². The van der Waals surface area contributed by atoms with Crippen molar-refractivity contribution in [1.82, 2.24) is 5.32 Å². The quantitative estimate of drug-likeness (QED) is 0.651. The van der Waals surface area contributed by atoms with Crippen LogP contribution in [0.1, 0.15) is 31.2 Å². The van der Waals surface area contributed by atoms with Crippen LogP contribution in [0.15, 0.2) is 24.3 Å². The maximum atomic E-state index is 12.0. The van der Waals surface area contributed by atoms with Crippen LogP contribution in [-0.2, 0) is 11.2 Å². The summed E-state index contributed by atoms with van der Waals surface area (Å²) in [5.41, 5.74) is 6.79. The van der Waals surface area contributed by atoms with Crippen LogP contribution in [0.25, 0.3) is 0 Å². The Bertz CT molecular complexity index is 447. The molecule has 5 N–H and O–H groups in total. The topological polar surface area (TPSA) is 95.6 Å². The molecule has 1 aromatic rings. The van der Waals surface area contributed by atoms with Gasteiger partial charge in [-0.25, -0.2) is 0 Å². The lowest BCUT2D eigenvalue weighted by atomic mass is 9.92. The Morgan fingerprint density at radius 3 is 2.60 bits per heavy atom. The third-order valence-electron chi connectivity index (χ3n) is 3.79. The highest BCUT2D eigenvalue weighted by molar-refractivity contribution is 5.82. The number of phenolic OH excluding ortho intramolecular Hbond substituents is 1. The third kappa shape index (κ3) is 3.95. The minimum atomic E-state index is -0.645. The number of aromatic hydroxyl groups is 1. The number of carbonyl (C=O) groups is 1. The van der Waals surface area contributed by atoms with Crippen molar-refractivity contribution in [3.63, 3.8) is 0 Å². The maximum absolute atomic E-state index is 12.0. The highest BCUT2D eigenvalue weighted by Gasteiger charge is 2.26. The van der Waals surface area contributed by atoms with E-state index < -0.39 is 12.1 Å². The molecule has 110 valence electrons. The molecule has 0 radical (unpaired) electrons. The summed E-state index contributed by atoms with van der Waals surface area (Å²) in [6, 6.07) is 5.82. The molecule has 0 bridgehead atoms. The predicted molar refractivity (Wildman–Crippen MR) is 76.2 cm³/mol. The summed E-state index contributed by atoms with van der Waals surface area (Å²) >= 11 is 0. The Balaban J connectivity index is 1.86. The normalized spacial score (nSPS) is 24.1. The van der Waals surface area contributed by atoms with E-state index in [9.17, 15) is 15.0 Å². The van der Waals surface area contributed by atoms with Crippen molar-refractivity contribution in [2.24, 2.45) is 5.73 Å². The van der Waals surface area contributed by atoms with Gasteiger partial charge in [-0.15, -0.1) is 0 Å². The van der Waals surface area contributed by atoms with Gasteiger partial charge in [-0.3, -0.25) is 4.79 Å². The summed E-state index contributed by atoms with van der Waals surface area (Å²) in [6.07, 6.45) is 3.52. The Kier molecular flexibility index (Phi) is 4.98. The SMILES string of the molecule is NC(Cc1ccc(O)cc1)C(=O)N[C@H]1CCCC[C@@H]1O. The van der Waals surface area contributed by atoms with Crippen molar-refractivity contribution in [3.05, 3.63) is 29.8 Å². The van der Waals surface area contributed by atoms with Gasteiger partial charge in [0.1, 0.15) is 5.75 Å². The van der Waals surface area contributed by atoms with Crippen LogP contribution >= 0.6 is 0 Å². The zero-order chi connectivity index (χ0) is 14.5. The minimum absolute atomic E-state index is 0.179. The van der Waals surface area contributed by atoms with E-state index in [4.69, 9.17) is 5.73 Å². The number of benzene rings is 1. The minimum Gasteiger partial charge on any atom is -0.508 e. The van der Waals surface area contributed by atoms with Crippen molar-refractivity contribution in [3.8, 4) is 5.75 Å². The lowest BCUT2D eigenvalue weighted by molar-refractivity contribution is -0.124. The number of carbonyl (C=O) groups excluding carboxylic acids is 1. The number of aliphatic hydroxyl groups is 1. The first-order chi connectivity index (χ1) is 9.56. The number of phenols is 1. The van der Waals surface area contributed by atoms with Gasteiger partial charge in [0.2, 0.25) is 5.91 Å². The Hall–Kier alpha value is -1.59. The first-order valence-corrected chi connectivity index (χ1v) is 7.08. The molecule has 3 atom stereocenters. The van der Waals surface area contributed by atoms with Gasteiger partial charge in [-0.2, -0.15) is 0 Å². The molecular formula is C15H22N2O3. The van der Waals surface area contributed by atoms with Gasteiger partial charge in [0.25, 0.3) is 0 Å². The van der Waals surface area contributed by atoms with Crippen LogP contribution in [0.2, 0.25) is 0 Å². The Morgan fingerprint density at radius 1 is 1.30 bits per heavy atom. The van der Waals surface area contributed by atoms with Crippen molar-refractivity contribution in [2.75, 3.05) is 0 Å². The number of aliphatic hydroxyl groups excluding tert-OH is 1. The molecule has 1 fully saturated rings. The Labute approximate surface area is 118 Å². The molecule has 0 saturated heterocycles. The van der Waals surface area contributed by atoms with Crippen LogP contribution in [0.5, 0.6) is 5.75 Å². The summed E-state index contributed by atoms with van der Waals surface area (Å²) in [5, 5.41) is 21.9. The molecule has 1 aromatic carbocycles. The first kappa shape index (κ1) is 14.8. The number of amides is 1. The molecule has 0 spiro atoms. The average Bonchev–Trinajstić information content (AvgIpc) is 2.44. The van der Waals surface area contributed by atoms with Crippen molar-refractivity contribution in [2.45, 2.75) is 50.3 Å². The van der Waals surface area contributed by atoms with Crippen LogP contribution in [0.4, 0.5) is 0 Å². The standard InChI is InChI=1S/C15H22N2O3/c16-12(9-10-5-7-11(18)8-6-10)15(20)17-13-3-1-2-4-14(13)19/h5-8,12-14,18-19H,1-4,9,16H2,(H,17,20)/t12?,13-,14-/m0/s1. The van der Waals surface area contributed by atoms with E-state index in [1.54, 1.807) is 24.3 Å². The molecule has 1 unspecified atom stereocenters. The zero-order valence-corrected chi connectivity index (χ0v) is 11.5. The molecule has 20 heavy (non-hydrogen) atoms. The summed E-state index contributed by atoms with van der Waals surface area (Å²) in [5.74, 6) is -0.0406. The lowest BCUT2D eigenvalue weighted by Gasteiger charge is -2.29. The van der Waals surface area contributed by atoms with Crippen LogP contribution < -0.4 is 11.1 Å². The van der Waals surface area contributed by atoms with E-state index in [0.29, 0.717) is 6.42 Å². The molecule has 0 heterocycles. The van der Waals surface area contributed by atoms with Gasteiger partial charge in [0.05, 0.1) is 18.2 Å². The fraction of sp³-hybridized carbons (Fsp3) is 0.533. The zero-order valence-electron chi connectivity index (χ0n) is 11.5. The summed E-state index contributed by atoms with van der Waals surface area (Å²) in [4.78, 5) is 12.0. The second kappa shape index (κ2) is 6.72. The highest BCUT2D eigenvalue weighted by Crippen LogP contribution is 2.18. The second-order valence-corrected chi connectivity index (χ2v) is 5.44. The molecular weight excluding hydrogens is 256 g/mol. The molecule has 1 aliphatic carbocycles. The monoisotopic (exact) mass is 278 g/mol. The second-order valence-electron chi connectivity index (χ2n) is 5.44. The van der Waals surface area contributed by atoms with Gasteiger partial charge in [-0.1, -0.05) is 25.0 Å². The molecule has 1 aliphatic rings. The number of rotatable bonds is 4. The summed E-state index contributed by atoms with van der Waals surface area (Å²) < 4.78 is 0. The fourth-order valence-electron chi connectivity index (χ4n) is 2.55. The van der Waals surface area contributed by atoms with Crippen molar-refractivity contribution in [1.29, 1.82) is 0 Å². The molecule has 1 amide bonds. The van der Waals surface area contributed by atoms with Gasteiger partial charge >= 0.3 is 0 Å². The maximum Gasteiger partial charge on any atom is 0.237 e. The van der Waals surface area contributed by atoms with Gasteiger partial charge in [-0.05, 0) is 37.0 Å². The molecule has 0 aromatic heterocycles. The summed E-state index contributed by atoms with van der Waals surface area (Å²) in [6.45, 7) is 0. The van der Waals surface area contributed by atoms with E-state index in [1.807, 2.05) is 0 Å². The number of nitrogens with one attached hydrogen (secondary N) is 1. The predicted octanol–water partition coefficient (Wildman–Crippen LogP) is 0.682. The van der Waals surface area contributed by atoms with Crippen LogP contribution in [0.3, 0.4) is 0 Å². The molecule has 5 heteroatoms. The van der Waals surface area contributed by atoms with Crippen LogP contribution in [0, 0.1) is 0 Å². The number of nitrogens with two attached hydrogens (primary N) is 1. The van der Waals surface area contributed by atoms with E-state index in [0.717, 1.165) is 31.2 Å². The molecule has 5 nitrogen and oxygen atoms in total. The van der Waals surface area contributed by atoms with Gasteiger partial charge in [0.15, 0.2) is 0 Å². The lowest BCUT2D eigenvalue weighted by Crippen LogP contribution is -2.51. The van der Waals surface area contributed by atoms with Gasteiger partial charge in [0, 0.05) is 0 Å². The highest BCUT2D eigenvalue weighted by atomic mass is 16.3. The number of hydrogen-bond donors (Lipinski definition) is 4. The summed E-state index contributed by atoms with van der Waals surface area (Å²) in [7, 11) is 0. The molecule has 0 aliphatic heterocycles. The number of hydrogen-bond acceptors (Lipinski definition) is 4. The van der Waals surface area contributed by atoms with E-state index in [-0.39, 0.29) is 17.7 Å². The Morgan fingerprint density at radius 2 is 1.95 bits per heavy atom. The van der Waals surface area contributed by atoms with E-state index in [2.05, 4.69) is 5.32 Å². The third-order valence-corrected chi connectivity index (χ3v) is 3.79. The van der Waals surface area contributed by atoms with E-state index >= 15 is 0 Å². The van der Waals surface area contributed by atoms with Gasteiger partial charge < -0.3 is 21.3 Å². The first-order valence-electron chi connectivity index (χ1n) is 7.08.